The second kappa shape index (κ2) is 7.82. The smallest absolute Gasteiger partial charge is 0.258 e. The number of carbonyl (C=O) groups excluding carboxylic acids is 1. The monoisotopic (exact) mass is 410 g/mol. The van der Waals surface area contributed by atoms with Crippen LogP contribution in [0.3, 0.4) is 0 Å². The third-order valence-corrected chi connectivity index (χ3v) is 4.57. The summed E-state index contributed by atoms with van der Waals surface area (Å²) in [7, 11) is 0. The molecule has 2 rings (SSSR count). The molecule has 0 atom stereocenters. The summed E-state index contributed by atoms with van der Waals surface area (Å²) in [6.45, 7) is 8.03. The summed E-state index contributed by atoms with van der Waals surface area (Å²) in [5.41, 5.74) is 2.34. The Hall–Kier alpha value is -1.82. The summed E-state index contributed by atoms with van der Waals surface area (Å²) < 4.78 is 0. The average molecular weight is 411 g/mol. The van der Waals surface area contributed by atoms with E-state index in [1.807, 2.05) is 19.1 Å². The van der Waals surface area contributed by atoms with E-state index in [9.17, 15) is 9.90 Å². The van der Waals surface area contributed by atoms with Crippen molar-refractivity contribution in [2.24, 2.45) is 0 Å². The van der Waals surface area contributed by atoms with Gasteiger partial charge in [-0.05, 0) is 59.9 Å². The van der Waals surface area contributed by atoms with Gasteiger partial charge < -0.3 is 10.4 Å². The number of anilines is 1. The van der Waals surface area contributed by atoms with Crippen LogP contribution in [0.5, 0.6) is 5.75 Å². The first kappa shape index (κ1) is 20.5. The molecule has 0 spiro atoms. The first-order valence-corrected chi connectivity index (χ1v) is 9.07. The third kappa shape index (κ3) is 4.87. The number of halogens is 2. The molecule has 2 aromatic carbocycles. The van der Waals surface area contributed by atoms with Crippen LogP contribution >= 0.6 is 35.4 Å². The highest BCUT2D eigenvalue weighted by Gasteiger charge is 2.19. The third-order valence-electron chi connectivity index (χ3n) is 3.82. The number of rotatable bonds is 2. The summed E-state index contributed by atoms with van der Waals surface area (Å²) in [5, 5.41) is 16.4. The number of aryl methyl sites for hydroxylation is 1. The minimum absolute atomic E-state index is 0.0572. The largest absolute Gasteiger partial charge is 0.505 e. The van der Waals surface area contributed by atoms with Crippen molar-refractivity contribution in [2.45, 2.75) is 33.1 Å². The van der Waals surface area contributed by atoms with Crippen molar-refractivity contribution in [1.29, 1.82) is 0 Å². The Balaban J connectivity index is 2.20. The number of carbonyl (C=O) groups is 1. The van der Waals surface area contributed by atoms with Crippen molar-refractivity contribution >= 4 is 52.1 Å². The summed E-state index contributed by atoms with van der Waals surface area (Å²) in [4.78, 5) is 12.3. The molecule has 138 valence electrons. The summed E-state index contributed by atoms with van der Waals surface area (Å²) in [6, 6.07) is 8.31. The normalized spacial score (nSPS) is 11.2. The zero-order valence-electron chi connectivity index (χ0n) is 14.9. The van der Waals surface area contributed by atoms with E-state index in [1.54, 1.807) is 6.07 Å². The Bertz CT molecular complexity index is 877. The molecule has 0 aliphatic heterocycles. The lowest BCUT2D eigenvalue weighted by Gasteiger charge is -2.22. The van der Waals surface area contributed by atoms with Crippen LogP contribution in [0.1, 0.15) is 42.3 Å². The van der Waals surface area contributed by atoms with E-state index in [0.29, 0.717) is 10.7 Å². The highest BCUT2D eigenvalue weighted by molar-refractivity contribution is 7.80. The number of nitrogens with one attached hydrogen (secondary N) is 2. The molecule has 0 aromatic heterocycles. The van der Waals surface area contributed by atoms with Crippen molar-refractivity contribution in [3.05, 3.63) is 57.1 Å². The highest BCUT2D eigenvalue weighted by atomic mass is 35.5. The molecule has 2 aromatic rings. The van der Waals surface area contributed by atoms with E-state index in [4.69, 9.17) is 35.4 Å². The van der Waals surface area contributed by atoms with Crippen LogP contribution < -0.4 is 10.6 Å². The Labute approximate surface area is 168 Å². The maximum atomic E-state index is 12.3. The highest BCUT2D eigenvalue weighted by Crippen LogP contribution is 2.34. The van der Waals surface area contributed by atoms with Gasteiger partial charge in [0.05, 0.1) is 16.3 Å². The molecule has 0 saturated carbocycles. The molecule has 0 aliphatic carbocycles. The van der Waals surface area contributed by atoms with Crippen LogP contribution in [0.25, 0.3) is 0 Å². The van der Waals surface area contributed by atoms with Gasteiger partial charge in [0.2, 0.25) is 0 Å². The number of amides is 1. The van der Waals surface area contributed by atoms with Crippen LogP contribution in [-0.2, 0) is 5.41 Å². The summed E-state index contributed by atoms with van der Waals surface area (Å²) >= 11 is 17.1. The molecule has 26 heavy (non-hydrogen) atoms. The van der Waals surface area contributed by atoms with Crippen molar-refractivity contribution in [3.63, 3.8) is 0 Å². The van der Waals surface area contributed by atoms with E-state index in [2.05, 4.69) is 31.4 Å². The van der Waals surface area contributed by atoms with E-state index < -0.39 is 5.91 Å². The molecule has 4 nitrogen and oxygen atoms in total. The second-order valence-electron chi connectivity index (χ2n) is 6.97. The van der Waals surface area contributed by atoms with Gasteiger partial charge >= 0.3 is 0 Å². The molecular formula is C19H20Cl2N2O2S. The fraction of sp³-hybridized carbons (Fsp3) is 0.263. The van der Waals surface area contributed by atoms with Gasteiger partial charge in [0.15, 0.2) is 5.11 Å². The molecule has 0 saturated heterocycles. The SMILES string of the molecule is Cc1cc(C(C)(C)C)cc(NC(=S)NC(=O)c2ccc(Cl)cc2Cl)c1O. The first-order valence-electron chi connectivity index (χ1n) is 7.90. The number of hydrogen-bond acceptors (Lipinski definition) is 3. The molecule has 0 radical (unpaired) electrons. The van der Waals surface area contributed by atoms with Gasteiger partial charge in [-0.3, -0.25) is 10.1 Å². The molecule has 0 bridgehead atoms. The van der Waals surface area contributed by atoms with Crippen molar-refractivity contribution < 1.29 is 9.90 Å². The maximum absolute atomic E-state index is 12.3. The van der Waals surface area contributed by atoms with Crippen LogP contribution in [0.2, 0.25) is 10.0 Å². The fourth-order valence-electron chi connectivity index (χ4n) is 2.31. The minimum atomic E-state index is -0.465. The van der Waals surface area contributed by atoms with Gasteiger partial charge in [0, 0.05) is 5.02 Å². The van der Waals surface area contributed by atoms with E-state index in [1.165, 1.54) is 12.1 Å². The van der Waals surface area contributed by atoms with E-state index in [-0.39, 0.29) is 26.9 Å². The Morgan fingerprint density at radius 3 is 2.38 bits per heavy atom. The molecule has 0 heterocycles. The lowest BCUT2D eigenvalue weighted by Crippen LogP contribution is -2.34. The number of aromatic hydroxyl groups is 1. The molecule has 0 fully saturated rings. The predicted molar refractivity (Wildman–Crippen MR) is 112 cm³/mol. The summed E-state index contributed by atoms with van der Waals surface area (Å²) in [6.07, 6.45) is 0. The first-order chi connectivity index (χ1) is 12.0. The van der Waals surface area contributed by atoms with Crippen LogP contribution in [0, 0.1) is 6.92 Å². The van der Waals surface area contributed by atoms with Crippen molar-refractivity contribution in [1.82, 2.24) is 5.32 Å². The van der Waals surface area contributed by atoms with Crippen molar-refractivity contribution in [3.8, 4) is 5.75 Å². The maximum Gasteiger partial charge on any atom is 0.258 e. The topological polar surface area (TPSA) is 61.4 Å². The number of phenols is 1. The summed E-state index contributed by atoms with van der Waals surface area (Å²) in [5.74, 6) is -0.383. The average Bonchev–Trinajstić information content (AvgIpc) is 2.50. The van der Waals surface area contributed by atoms with Gasteiger partial charge in [0.1, 0.15) is 5.75 Å². The van der Waals surface area contributed by atoms with Gasteiger partial charge in [-0.15, -0.1) is 0 Å². The molecule has 1 amide bonds. The Kier molecular flexibility index (Phi) is 6.17. The second-order valence-corrected chi connectivity index (χ2v) is 8.22. The lowest BCUT2D eigenvalue weighted by molar-refractivity contribution is 0.0978. The Morgan fingerprint density at radius 1 is 1.15 bits per heavy atom. The number of hydrogen-bond donors (Lipinski definition) is 3. The number of thiocarbonyl (C=S) groups is 1. The molecule has 0 aliphatic rings. The Morgan fingerprint density at radius 2 is 1.81 bits per heavy atom. The van der Waals surface area contributed by atoms with Gasteiger partial charge in [-0.25, -0.2) is 0 Å². The number of benzene rings is 2. The molecular weight excluding hydrogens is 391 g/mol. The van der Waals surface area contributed by atoms with Crippen LogP contribution in [0.4, 0.5) is 5.69 Å². The quantitative estimate of drug-likeness (QED) is 0.456. The molecule has 3 N–H and O–H groups in total. The van der Waals surface area contributed by atoms with Crippen molar-refractivity contribution in [2.75, 3.05) is 5.32 Å². The zero-order valence-corrected chi connectivity index (χ0v) is 17.2. The number of phenolic OH excluding ortho intramolecular Hbond substituents is 1. The van der Waals surface area contributed by atoms with E-state index in [0.717, 1.165) is 11.1 Å². The lowest BCUT2D eigenvalue weighted by atomic mass is 9.85. The van der Waals surface area contributed by atoms with E-state index >= 15 is 0 Å². The van der Waals surface area contributed by atoms with Crippen LogP contribution in [0.15, 0.2) is 30.3 Å². The zero-order chi connectivity index (χ0) is 19.6. The molecule has 0 unspecified atom stereocenters. The fourth-order valence-corrected chi connectivity index (χ4v) is 3.00. The predicted octanol–water partition coefficient (Wildman–Crippen LogP) is 5.43. The minimum Gasteiger partial charge on any atom is -0.505 e. The van der Waals surface area contributed by atoms with Crippen LogP contribution in [-0.4, -0.2) is 16.1 Å². The van der Waals surface area contributed by atoms with Gasteiger partial charge in [-0.1, -0.05) is 50.0 Å². The molecule has 7 heteroatoms. The van der Waals surface area contributed by atoms with Gasteiger partial charge in [-0.2, -0.15) is 0 Å². The van der Waals surface area contributed by atoms with Gasteiger partial charge in [0.25, 0.3) is 5.91 Å². The standard InChI is InChI=1S/C19H20Cl2N2O2S/c1-10-7-11(19(2,3)4)8-15(16(10)24)22-18(26)23-17(25)13-6-5-12(20)9-14(13)21/h5-9,24H,1-4H3,(H2,22,23,25,26).